The molecule has 0 unspecified atom stereocenters. The van der Waals surface area contributed by atoms with E-state index in [4.69, 9.17) is 9.47 Å². The van der Waals surface area contributed by atoms with Gasteiger partial charge in [-0.05, 0) is 0 Å². The molecule has 1 aromatic carbocycles. The summed E-state index contributed by atoms with van der Waals surface area (Å²) in [4.78, 5) is 10.5. The van der Waals surface area contributed by atoms with Crippen molar-refractivity contribution < 1.29 is 14.4 Å². The predicted molar refractivity (Wildman–Crippen MR) is 63.2 cm³/mol. The first-order valence-corrected chi connectivity index (χ1v) is 5.10. The Morgan fingerprint density at radius 2 is 1.88 bits per heavy atom. The fourth-order valence-electron chi connectivity index (χ4n) is 1.85. The molecule has 0 spiro atoms. The lowest BCUT2D eigenvalue weighted by molar-refractivity contribution is -0.385. The van der Waals surface area contributed by atoms with Crippen LogP contribution >= 0.6 is 0 Å². The van der Waals surface area contributed by atoms with Gasteiger partial charge in [0.25, 0.3) is 0 Å². The minimum atomic E-state index is -0.488. The summed E-state index contributed by atoms with van der Waals surface area (Å²) in [5, 5.41) is 17.2. The van der Waals surface area contributed by atoms with Gasteiger partial charge in [-0.25, -0.2) is 0 Å². The van der Waals surface area contributed by atoms with Crippen LogP contribution in [0.25, 0.3) is 0 Å². The standard InChI is InChI=1S/C10H13N3O4/c1-16-7-5-6(13(14)15)10(17-2)9-8(7)11-3-4-12-9/h5,11-12H,3-4H2,1-2H3. The fourth-order valence-corrected chi connectivity index (χ4v) is 1.85. The Morgan fingerprint density at radius 3 is 2.41 bits per heavy atom. The van der Waals surface area contributed by atoms with Gasteiger partial charge in [-0.1, -0.05) is 0 Å². The molecule has 1 aliphatic rings. The molecule has 1 aromatic rings. The molecule has 0 atom stereocenters. The Morgan fingerprint density at radius 1 is 1.24 bits per heavy atom. The van der Waals surface area contributed by atoms with E-state index in [9.17, 15) is 10.1 Å². The first kappa shape index (κ1) is 11.3. The second-order valence-electron chi connectivity index (χ2n) is 3.49. The van der Waals surface area contributed by atoms with Crippen molar-refractivity contribution in [3.63, 3.8) is 0 Å². The fraction of sp³-hybridized carbons (Fsp3) is 0.400. The van der Waals surface area contributed by atoms with Gasteiger partial charge in [0.2, 0.25) is 5.75 Å². The van der Waals surface area contributed by atoms with Crippen molar-refractivity contribution in [2.75, 3.05) is 37.9 Å². The summed E-state index contributed by atoms with van der Waals surface area (Å²) in [5.74, 6) is 0.651. The Hall–Kier alpha value is -2.18. The Bertz CT molecular complexity index is 461. The van der Waals surface area contributed by atoms with Crippen LogP contribution in [0.5, 0.6) is 11.5 Å². The highest BCUT2D eigenvalue weighted by Gasteiger charge is 2.27. The molecule has 0 amide bonds. The summed E-state index contributed by atoms with van der Waals surface area (Å²) in [6.07, 6.45) is 0. The first-order valence-electron chi connectivity index (χ1n) is 5.10. The highest BCUT2D eigenvalue weighted by atomic mass is 16.6. The Labute approximate surface area is 97.9 Å². The number of hydrogen-bond donors (Lipinski definition) is 2. The molecule has 1 aliphatic heterocycles. The van der Waals surface area contributed by atoms with Crippen LogP contribution < -0.4 is 20.1 Å². The molecule has 0 fully saturated rings. The lowest BCUT2D eigenvalue weighted by Gasteiger charge is -2.23. The van der Waals surface area contributed by atoms with Crippen LogP contribution in [0.2, 0.25) is 0 Å². The molecule has 1 heterocycles. The van der Waals surface area contributed by atoms with Gasteiger partial charge in [0, 0.05) is 13.1 Å². The van der Waals surface area contributed by atoms with Crippen LogP contribution in [-0.2, 0) is 0 Å². The van der Waals surface area contributed by atoms with E-state index in [2.05, 4.69) is 10.6 Å². The van der Waals surface area contributed by atoms with Crippen molar-refractivity contribution in [1.82, 2.24) is 0 Å². The molecule has 0 aliphatic carbocycles. The molecule has 17 heavy (non-hydrogen) atoms. The molecule has 0 saturated carbocycles. The molecule has 0 bridgehead atoms. The van der Waals surface area contributed by atoms with E-state index in [0.29, 0.717) is 23.7 Å². The van der Waals surface area contributed by atoms with Crippen LogP contribution in [0, 0.1) is 10.1 Å². The number of benzene rings is 1. The second-order valence-corrected chi connectivity index (χ2v) is 3.49. The molecular weight excluding hydrogens is 226 g/mol. The second kappa shape index (κ2) is 4.36. The number of hydrogen-bond acceptors (Lipinski definition) is 6. The van der Waals surface area contributed by atoms with E-state index < -0.39 is 4.92 Å². The lowest BCUT2D eigenvalue weighted by atomic mass is 10.1. The highest BCUT2D eigenvalue weighted by molar-refractivity contribution is 5.87. The number of nitro groups is 1. The van der Waals surface area contributed by atoms with Gasteiger partial charge in [-0.2, -0.15) is 0 Å². The van der Waals surface area contributed by atoms with Crippen LogP contribution in [0.3, 0.4) is 0 Å². The zero-order valence-electron chi connectivity index (χ0n) is 9.57. The van der Waals surface area contributed by atoms with E-state index in [1.807, 2.05) is 0 Å². The third-order valence-electron chi connectivity index (χ3n) is 2.57. The maximum atomic E-state index is 11.0. The summed E-state index contributed by atoms with van der Waals surface area (Å²) in [5.41, 5.74) is 1.16. The molecule has 7 nitrogen and oxygen atoms in total. The maximum absolute atomic E-state index is 11.0. The number of rotatable bonds is 3. The minimum absolute atomic E-state index is 0.112. The smallest absolute Gasteiger partial charge is 0.316 e. The summed E-state index contributed by atoms with van der Waals surface area (Å²) < 4.78 is 10.2. The zero-order chi connectivity index (χ0) is 12.4. The summed E-state index contributed by atoms with van der Waals surface area (Å²) >= 11 is 0. The number of nitrogens with one attached hydrogen (secondary N) is 2. The van der Waals surface area contributed by atoms with Gasteiger partial charge in [-0.15, -0.1) is 0 Å². The van der Waals surface area contributed by atoms with E-state index in [0.717, 1.165) is 6.54 Å². The van der Waals surface area contributed by atoms with E-state index in [1.54, 1.807) is 0 Å². The Balaban J connectivity index is 2.67. The minimum Gasteiger partial charge on any atom is -0.494 e. The topological polar surface area (TPSA) is 85.7 Å². The normalized spacial score (nSPS) is 13.1. The number of nitrogens with zero attached hydrogens (tertiary/aromatic N) is 1. The average molecular weight is 239 g/mol. The van der Waals surface area contributed by atoms with Crippen molar-refractivity contribution in [1.29, 1.82) is 0 Å². The number of methoxy groups -OCH3 is 2. The van der Waals surface area contributed by atoms with Crippen molar-refractivity contribution in [3.05, 3.63) is 16.2 Å². The molecular formula is C10H13N3O4. The molecule has 92 valence electrons. The van der Waals surface area contributed by atoms with E-state index in [-0.39, 0.29) is 11.4 Å². The molecule has 2 N–H and O–H groups in total. The SMILES string of the molecule is COc1cc([N+](=O)[O-])c(OC)c2c1NCCN2. The summed E-state index contributed by atoms with van der Waals surface area (Å²) in [6.45, 7) is 1.40. The molecule has 2 rings (SSSR count). The molecule has 0 radical (unpaired) electrons. The van der Waals surface area contributed by atoms with Gasteiger partial charge in [-0.3, -0.25) is 10.1 Å². The van der Waals surface area contributed by atoms with Crippen molar-refractivity contribution in [3.8, 4) is 11.5 Å². The third-order valence-corrected chi connectivity index (χ3v) is 2.57. The van der Waals surface area contributed by atoms with Gasteiger partial charge < -0.3 is 20.1 Å². The summed E-state index contributed by atoms with van der Waals surface area (Å²) in [6, 6.07) is 1.36. The molecule has 0 aromatic heterocycles. The van der Waals surface area contributed by atoms with Crippen molar-refractivity contribution >= 4 is 17.1 Å². The number of ether oxygens (including phenoxy) is 2. The van der Waals surface area contributed by atoms with Gasteiger partial charge >= 0.3 is 5.69 Å². The van der Waals surface area contributed by atoms with Gasteiger partial charge in [0.05, 0.1) is 25.2 Å². The number of nitro benzene ring substituents is 1. The average Bonchev–Trinajstić information content (AvgIpc) is 2.36. The van der Waals surface area contributed by atoms with Gasteiger partial charge in [0.15, 0.2) is 5.75 Å². The predicted octanol–water partition coefficient (Wildman–Crippen LogP) is 1.45. The first-order chi connectivity index (χ1) is 8.19. The largest absolute Gasteiger partial charge is 0.494 e. The monoisotopic (exact) mass is 239 g/mol. The van der Waals surface area contributed by atoms with E-state index >= 15 is 0 Å². The number of fused-ring (bicyclic) bond motifs is 1. The third kappa shape index (κ3) is 1.79. The Kier molecular flexibility index (Phi) is 2.90. The summed E-state index contributed by atoms with van der Waals surface area (Å²) in [7, 11) is 2.88. The van der Waals surface area contributed by atoms with Crippen LogP contribution in [0.15, 0.2) is 6.07 Å². The molecule has 0 saturated heterocycles. The number of anilines is 2. The lowest BCUT2D eigenvalue weighted by Crippen LogP contribution is -2.22. The highest BCUT2D eigenvalue weighted by Crippen LogP contribution is 2.47. The zero-order valence-corrected chi connectivity index (χ0v) is 9.57. The van der Waals surface area contributed by atoms with Crippen LogP contribution in [-0.4, -0.2) is 32.2 Å². The quantitative estimate of drug-likeness (QED) is 0.613. The van der Waals surface area contributed by atoms with Gasteiger partial charge in [0.1, 0.15) is 11.4 Å². The van der Waals surface area contributed by atoms with E-state index in [1.165, 1.54) is 20.3 Å². The van der Waals surface area contributed by atoms with Crippen LogP contribution in [0.4, 0.5) is 17.1 Å². The van der Waals surface area contributed by atoms with Crippen molar-refractivity contribution in [2.24, 2.45) is 0 Å². The maximum Gasteiger partial charge on any atom is 0.316 e. The van der Waals surface area contributed by atoms with Crippen molar-refractivity contribution in [2.45, 2.75) is 0 Å². The van der Waals surface area contributed by atoms with Crippen LogP contribution in [0.1, 0.15) is 0 Å². The molecule has 7 heteroatoms.